The highest BCUT2D eigenvalue weighted by Gasteiger charge is 2.49. The van der Waals surface area contributed by atoms with E-state index in [1.807, 2.05) is 6.92 Å². The van der Waals surface area contributed by atoms with Crippen molar-refractivity contribution in [2.45, 2.75) is 43.5 Å². The third kappa shape index (κ3) is 3.79. The van der Waals surface area contributed by atoms with E-state index in [-0.39, 0.29) is 16.7 Å². The molecule has 1 aromatic rings. The molecule has 0 bridgehead atoms. The smallest absolute Gasteiger partial charge is 0.322 e. The summed E-state index contributed by atoms with van der Waals surface area (Å²) in [5, 5.41) is 4.94. The molecule has 0 radical (unpaired) electrons. The number of urea groups is 1. The van der Waals surface area contributed by atoms with Gasteiger partial charge in [-0.3, -0.25) is 10.1 Å². The molecule has 1 unspecified atom stereocenters. The van der Waals surface area contributed by atoms with Gasteiger partial charge in [-0.1, -0.05) is 6.92 Å². The number of carbonyl (C=O) groups excluding carboxylic acids is 2. The number of benzene rings is 1. The lowest BCUT2D eigenvalue weighted by atomic mass is 9.79. The Kier molecular flexibility index (Phi) is 5.43. The summed E-state index contributed by atoms with van der Waals surface area (Å²) in [5.41, 5.74) is -0.981. The molecule has 2 heterocycles. The molecule has 2 N–H and O–H groups in total. The molecule has 2 aliphatic rings. The van der Waals surface area contributed by atoms with E-state index >= 15 is 0 Å². The summed E-state index contributed by atoms with van der Waals surface area (Å²) < 4.78 is 32.7. The minimum atomic E-state index is -3.60. The first-order chi connectivity index (χ1) is 12.8. The lowest BCUT2D eigenvalue weighted by Gasteiger charge is -2.38. The molecule has 2 fully saturated rings. The maximum Gasteiger partial charge on any atom is 0.322 e. The number of rotatable bonds is 6. The van der Waals surface area contributed by atoms with Gasteiger partial charge in [0, 0.05) is 13.1 Å². The molecular formula is C18H25N3O5S. The van der Waals surface area contributed by atoms with Crippen LogP contribution in [0.4, 0.5) is 4.79 Å². The number of piperidine rings is 1. The van der Waals surface area contributed by atoms with Crippen LogP contribution in [0.2, 0.25) is 0 Å². The van der Waals surface area contributed by atoms with Crippen LogP contribution in [0.15, 0.2) is 29.2 Å². The van der Waals surface area contributed by atoms with E-state index in [9.17, 15) is 18.0 Å². The molecule has 0 saturated carbocycles. The van der Waals surface area contributed by atoms with E-state index in [1.165, 1.54) is 4.31 Å². The monoisotopic (exact) mass is 395 g/mol. The summed E-state index contributed by atoms with van der Waals surface area (Å²) in [4.78, 5) is 23.8. The molecule has 2 saturated heterocycles. The van der Waals surface area contributed by atoms with Gasteiger partial charge in [0.25, 0.3) is 5.91 Å². The Balaban J connectivity index is 1.66. The van der Waals surface area contributed by atoms with Gasteiger partial charge in [0.2, 0.25) is 10.0 Å². The van der Waals surface area contributed by atoms with Crippen LogP contribution in [0.3, 0.4) is 0 Å². The topological polar surface area (TPSA) is 105 Å². The molecule has 8 nitrogen and oxygen atoms in total. The first-order valence-electron chi connectivity index (χ1n) is 9.14. The Morgan fingerprint density at radius 2 is 1.81 bits per heavy atom. The van der Waals surface area contributed by atoms with Crippen LogP contribution < -0.4 is 15.4 Å². The molecule has 1 atom stereocenters. The number of hydrogen-bond donors (Lipinski definition) is 2. The van der Waals surface area contributed by atoms with Crippen LogP contribution in [0.1, 0.15) is 33.1 Å². The highest BCUT2D eigenvalue weighted by atomic mass is 32.2. The zero-order valence-electron chi connectivity index (χ0n) is 15.5. The van der Waals surface area contributed by atoms with Crippen LogP contribution in [0.5, 0.6) is 5.75 Å². The van der Waals surface area contributed by atoms with Crippen molar-refractivity contribution in [3.8, 4) is 5.75 Å². The van der Waals surface area contributed by atoms with Crippen molar-refractivity contribution < 1.29 is 22.7 Å². The number of nitrogens with one attached hydrogen (secondary N) is 2. The summed E-state index contributed by atoms with van der Waals surface area (Å²) in [6.45, 7) is 4.89. The maximum atomic E-state index is 12.9. The summed E-state index contributed by atoms with van der Waals surface area (Å²) >= 11 is 0. The first kappa shape index (κ1) is 19.6. The lowest BCUT2D eigenvalue weighted by Crippen LogP contribution is -2.54. The molecule has 9 heteroatoms. The van der Waals surface area contributed by atoms with Gasteiger partial charge in [-0.05, 0) is 56.4 Å². The second-order valence-electron chi connectivity index (χ2n) is 7.11. The molecule has 0 spiro atoms. The molecule has 0 aromatic heterocycles. The van der Waals surface area contributed by atoms with Crippen molar-refractivity contribution in [2.24, 2.45) is 5.92 Å². The van der Waals surface area contributed by atoms with Gasteiger partial charge >= 0.3 is 6.03 Å². The summed E-state index contributed by atoms with van der Waals surface area (Å²) in [6, 6.07) is 5.93. The minimum Gasteiger partial charge on any atom is -0.494 e. The van der Waals surface area contributed by atoms with E-state index in [0.29, 0.717) is 38.3 Å². The van der Waals surface area contributed by atoms with Crippen molar-refractivity contribution in [1.82, 2.24) is 14.9 Å². The van der Waals surface area contributed by atoms with Gasteiger partial charge in [-0.25, -0.2) is 13.2 Å². The Morgan fingerprint density at radius 3 is 2.33 bits per heavy atom. The molecule has 3 amide bonds. The fourth-order valence-electron chi connectivity index (χ4n) is 3.59. The van der Waals surface area contributed by atoms with Gasteiger partial charge in [0.1, 0.15) is 11.3 Å². The standard InChI is InChI=1S/C18H25N3O5S/c1-3-12-26-14-4-6-15(7-5-14)27(24,25)21-10-8-13(9-11-21)18(2)16(22)19-17(23)20-18/h4-7,13H,3,8-12H2,1-2H3,(H2,19,20,22,23). The highest BCUT2D eigenvalue weighted by Crippen LogP contribution is 2.32. The average molecular weight is 395 g/mol. The average Bonchev–Trinajstić information content (AvgIpc) is 2.93. The van der Waals surface area contributed by atoms with E-state index in [4.69, 9.17) is 4.74 Å². The third-order valence-corrected chi connectivity index (χ3v) is 7.19. The Morgan fingerprint density at radius 1 is 1.19 bits per heavy atom. The number of nitrogens with zero attached hydrogens (tertiary/aromatic N) is 1. The number of hydrogen-bond acceptors (Lipinski definition) is 5. The van der Waals surface area contributed by atoms with Gasteiger partial charge in [0.15, 0.2) is 0 Å². The van der Waals surface area contributed by atoms with Gasteiger partial charge in [0.05, 0.1) is 11.5 Å². The van der Waals surface area contributed by atoms with E-state index in [2.05, 4.69) is 10.6 Å². The molecule has 1 aromatic carbocycles. The second-order valence-corrected chi connectivity index (χ2v) is 9.05. The van der Waals surface area contributed by atoms with E-state index in [0.717, 1.165) is 6.42 Å². The fraction of sp³-hybridized carbons (Fsp3) is 0.556. The molecular weight excluding hydrogens is 370 g/mol. The molecule has 148 valence electrons. The Bertz CT molecular complexity index is 816. The van der Waals surface area contributed by atoms with Crippen molar-refractivity contribution in [1.29, 1.82) is 0 Å². The van der Waals surface area contributed by atoms with Crippen LogP contribution in [-0.4, -0.2) is 49.9 Å². The largest absolute Gasteiger partial charge is 0.494 e. The lowest BCUT2D eigenvalue weighted by molar-refractivity contribution is -0.125. The van der Waals surface area contributed by atoms with Crippen molar-refractivity contribution in [3.05, 3.63) is 24.3 Å². The highest BCUT2D eigenvalue weighted by molar-refractivity contribution is 7.89. The number of imide groups is 1. The molecule has 0 aliphatic carbocycles. The zero-order valence-corrected chi connectivity index (χ0v) is 16.3. The second kappa shape index (κ2) is 7.47. The number of amides is 3. The van der Waals surface area contributed by atoms with Crippen LogP contribution in [0.25, 0.3) is 0 Å². The predicted molar refractivity (Wildman–Crippen MR) is 98.8 cm³/mol. The normalized spacial score (nSPS) is 24.5. The summed E-state index contributed by atoms with van der Waals surface area (Å²) in [7, 11) is -3.60. The molecule has 3 rings (SSSR count). The van der Waals surface area contributed by atoms with Gasteiger partial charge < -0.3 is 10.1 Å². The first-order valence-corrected chi connectivity index (χ1v) is 10.6. The number of sulfonamides is 1. The summed E-state index contributed by atoms with van der Waals surface area (Å²) in [5.74, 6) is 0.183. The van der Waals surface area contributed by atoms with Crippen molar-refractivity contribution in [3.63, 3.8) is 0 Å². The van der Waals surface area contributed by atoms with Gasteiger partial charge in [-0.15, -0.1) is 0 Å². The van der Waals surface area contributed by atoms with Crippen LogP contribution in [-0.2, 0) is 14.8 Å². The number of ether oxygens (including phenoxy) is 1. The Hall–Kier alpha value is -2.13. The zero-order chi connectivity index (χ0) is 19.7. The van der Waals surface area contributed by atoms with Crippen LogP contribution in [0, 0.1) is 5.92 Å². The van der Waals surface area contributed by atoms with Crippen LogP contribution >= 0.6 is 0 Å². The van der Waals surface area contributed by atoms with Crippen molar-refractivity contribution in [2.75, 3.05) is 19.7 Å². The fourth-order valence-corrected chi connectivity index (χ4v) is 5.06. The molecule has 2 aliphatic heterocycles. The SMILES string of the molecule is CCCOc1ccc(S(=O)(=O)N2CCC(C3(C)NC(=O)NC3=O)CC2)cc1. The third-order valence-electron chi connectivity index (χ3n) is 5.28. The molecule has 27 heavy (non-hydrogen) atoms. The minimum absolute atomic E-state index is 0.111. The Labute approximate surface area is 159 Å². The predicted octanol–water partition coefficient (Wildman–Crippen LogP) is 1.47. The van der Waals surface area contributed by atoms with E-state index < -0.39 is 21.6 Å². The maximum absolute atomic E-state index is 12.9. The number of carbonyl (C=O) groups is 2. The summed E-state index contributed by atoms with van der Waals surface area (Å²) in [6.07, 6.45) is 1.88. The quantitative estimate of drug-likeness (QED) is 0.710. The van der Waals surface area contributed by atoms with Crippen molar-refractivity contribution >= 4 is 22.0 Å². The van der Waals surface area contributed by atoms with Gasteiger partial charge in [-0.2, -0.15) is 4.31 Å². The van der Waals surface area contributed by atoms with E-state index in [1.54, 1.807) is 31.2 Å².